The quantitative estimate of drug-likeness (QED) is 0.629. The van der Waals surface area contributed by atoms with Crippen LogP contribution in [0, 0.1) is 0 Å². The third-order valence-electron chi connectivity index (χ3n) is 1.23. The molecule has 1 aromatic heterocycles. The Labute approximate surface area is 72.2 Å². The van der Waals surface area contributed by atoms with Crippen molar-refractivity contribution in [3.63, 3.8) is 0 Å². The van der Waals surface area contributed by atoms with Gasteiger partial charge in [0.15, 0.2) is 0 Å². The van der Waals surface area contributed by atoms with Gasteiger partial charge in [-0.2, -0.15) is 0 Å². The first-order valence-electron chi connectivity index (χ1n) is 3.16. The topological polar surface area (TPSA) is 78.1 Å². The highest BCUT2D eigenvalue weighted by Crippen LogP contribution is 2.09. The van der Waals surface area contributed by atoms with Crippen molar-refractivity contribution in [2.24, 2.45) is 0 Å². The average molecular weight is 188 g/mol. The molecule has 0 aromatic carbocycles. The number of aromatic nitrogens is 2. The molecule has 0 saturated carbocycles. The van der Waals surface area contributed by atoms with Crippen LogP contribution in [0.4, 0.5) is 9.93 Å². The predicted molar refractivity (Wildman–Crippen MR) is 45.6 cm³/mol. The van der Waals surface area contributed by atoms with Crippen molar-refractivity contribution in [3.05, 3.63) is 9.67 Å². The van der Waals surface area contributed by atoms with Crippen molar-refractivity contribution in [2.45, 2.75) is 0 Å². The molecule has 0 saturated heterocycles. The van der Waals surface area contributed by atoms with Gasteiger partial charge < -0.3 is 5.32 Å². The molecule has 0 bridgehead atoms. The Morgan fingerprint density at radius 1 is 1.75 bits per heavy atom. The van der Waals surface area contributed by atoms with Gasteiger partial charge in [-0.05, 0) is 11.3 Å². The van der Waals surface area contributed by atoms with Gasteiger partial charge in [-0.25, -0.2) is 9.89 Å². The number of rotatable bonds is 1. The lowest BCUT2D eigenvalue weighted by molar-refractivity contribution is 0.249. The summed E-state index contributed by atoms with van der Waals surface area (Å²) in [6.07, 6.45) is 0. The summed E-state index contributed by atoms with van der Waals surface area (Å²) in [4.78, 5) is 22.6. The van der Waals surface area contributed by atoms with Crippen molar-refractivity contribution in [1.82, 2.24) is 15.5 Å². The molecule has 1 heterocycles. The van der Waals surface area contributed by atoms with Crippen LogP contribution in [-0.4, -0.2) is 30.3 Å². The van der Waals surface area contributed by atoms with Crippen LogP contribution in [0.15, 0.2) is 4.79 Å². The minimum Gasteiger partial charge on any atom is -0.341 e. The Morgan fingerprint density at radius 2 is 2.42 bits per heavy atom. The van der Waals surface area contributed by atoms with Crippen molar-refractivity contribution in [3.8, 4) is 0 Å². The minimum absolute atomic E-state index is 0.277. The molecular weight excluding hydrogens is 180 g/mol. The number of amides is 2. The lowest BCUT2D eigenvalue weighted by Gasteiger charge is -2.10. The van der Waals surface area contributed by atoms with E-state index >= 15 is 0 Å². The summed E-state index contributed by atoms with van der Waals surface area (Å²) < 4.78 is 0. The van der Waals surface area contributed by atoms with Crippen LogP contribution < -0.4 is 15.1 Å². The molecule has 0 aliphatic heterocycles. The zero-order valence-corrected chi connectivity index (χ0v) is 7.44. The SMILES string of the molecule is CNC(=O)N(C)c1n[nH]c(=O)s1. The summed E-state index contributed by atoms with van der Waals surface area (Å²) in [7, 11) is 3.04. The van der Waals surface area contributed by atoms with Crippen molar-refractivity contribution in [2.75, 3.05) is 19.0 Å². The summed E-state index contributed by atoms with van der Waals surface area (Å²) in [5, 5.41) is 8.61. The molecule has 2 amide bonds. The number of aromatic amines is 1. The van der Waals surface area contributed by atoms with Gasteiger partial charge >= 0.3 is 10.9 Å². The molecule has 0 atom stereocenters. The number of nitrogens with one attached hydrogen (secondary N) is 2. The highest BCUT2D eigenvalue weighted by molar-refractivity contribution is 7.13. The molecular formula is C5H8N4O2S. The molecule has 0 aliphatic carbocycles. The number of nitrogens with zero attached hydrogens (tertiary/aromatic N) is 2. The zero-order valence-electron chi connectivity index (χ0n) is 6.62. The van der Waals surface area contributed by atoms with Gasteiger partial charge in [0.1, 0.15) is 0 Å². The summed E-state index contributed by atoms with van der Waals surface area (Å²) in [5.41, 5.74) is 0. The van der Waals surface area contributed by atoms with Gasteiger partial charge in [-0.15, -0.1) is 5.10 Å². The molecule has 6 nitrogen and oxygen atoms in total. The lowest BCUT2D eigenvalue weighted by Crippen LogP contribution is -2.34. The van der Waals surface area contributed by atoms with Gasteiger partial charge in [-0.1, -0.05) is 0 Å². The van der Waals surface area contributed by atoms with Crippen molar-refractivity contribution < 1.29 is 4.79 Å². The smallest absolute Gasteiger partial charge is 0.324 e. The Balaban J connectivity index is 2.84. The van der Waals surface area contributed by atoms with E-state index in [-0.39, 0.29) is 10.9 Å². The maximum atomic E-state index is 11.0. The van der Waals surface area contributed by atoms with Crippen LogP contribution in [0.3, 0.4) is 0 Å². The number of hydrogen-bond acceptors (Lipinski definition) is 4. The summed E-state index contributed by atoms with van der Waals surface area (Å²) in [6.45, 7) is 0. The molecule has 0 unspecified atom stereocenters. The molecule has 1 aromatic rings. The monoisotopic (exact) mass is 188 g/mol. The Morgan fingerprint density at radius 3 is 2.83 bits per heavy atom. The molecule has 66 valence electrons. The lowest BCUT2D eigenvalue weighted by atomic mass is 10.8. The molecule has 1 rings (SSSR count). The van der Waals surface area contributed by atoms with Crippen molar-refractivity contribution in [1.29, 1.82) is 0 Å². The normalized spacial score (nSPS) is 9.50. The highest BCUT2D eigenvalue weighted by Gasteiger charge is 2.11. The number of anilines is 1. The fraction of sp³-hybridized carbons (Fsp3) is 0.400. The Kier molecular flexibility index (Phi) is 2.44. The molecule has 7 heteroatoms. The average Bonchev–Trinajstić information content (AvgIpc) is 2.49. The van der Waals surface area contributed by atoms with Gasteiger partial charge in [-0.3, -0.25) is 9.69 Å². The second-order valence-electron chi connectivity index (χ2n) is 2.01. The zero-order chi connectivity index (χ0) is 9.14. The van der Waals surface area contributed by atoms with Crippen LogP contribution in [-0.2, 0) is 0 Å². The fourth-order valence-electron chi connectivity index (χ4n) is 0.620. The number of carbonyl (C=O) groups excluding carboxylic acids is 1. The third kappa shape index (κ3) is 1.62. The van der Waals surface area contributed by atoms with Gasteiger partial charge in [0.2, 0.25) is 5.13 Å². The first-order valence-corrected chi connectivity index (χ1v) is 3.97. The van der Waals surface area contributed by atoms with E-state index in [4.69, 9.17) is 0 Å². The van der Waals surface area contributed by atoms with E-state index in [0.29, 0.717) is 5.13 Å². The summed E-state index contributed by atoms with van der Waals surface area (Å²) >= 11 is 0.882. The Hall–Kier alpha value is -1.37. The molecule has 0 spiro atoms. The molecule has 0 fully saturated rings. The molecule has 12 heavy (non-hydrogen) atoms. The second kappa shape index (κ2) is 3.35. The van der Waals surface area contributed by atoms with E-state index in [9.17, 15) is 9.59 Å². The van der Waals surface area contributed by atoms with Crippen LogP contribution in [0.25, 0.3) is 0 Å². The minimum atomic E-state index is -0.308. The van der Waals surface area contributed by atoms with Crippen LogP contribution in [0.1, 0.15) is 0 Å². The Bertz CT molecular complexity index is 330. The predicted octanol–water partition coefficient (Wildman–Crippen LogP) is -0.393. The summed E-state index contributed by atoms with van der Waals surface area (Å²) in [5.74, 6) is 0. The van der Waals surface area contributed by atoms with E-state index in [1.54, 1.807) is 0 Å². The largest absolute Gasteiger partial charge is 0.341 e. The molecule has 0 radical (unpaired) electrons. The number of carbonyl (C=O) groups is 1. The van der Waals surface area contributed by atoms with E-state index in [2.05, 4.69) is 15.5 Å². The van der Waals surface area contributed by atoms with E-state index in [1.807, 2.05) is 0 Å². The van der Waals surface area contributed by atoms with Crippen LogP contribution >= 0.6 is 11.3 Å². The van der Waals surface area contributed by atoms with Gasteiger partial charge in [0.25, 0.3) is 0 Å². The van der Waals surface area contributed by atoms with Crippen LogP contribution in [0.5, 0.6) is 0 Å². The maximum absolute atomic E-state index is 11.0. The van der Waals surface area contributed by atoms with Gasteiger partial charge in [0, 0.05) is 14.1 Å². The number of H-pyrrole nitrogens is 1. The standard InChI is InChI=1S/C5H8N4O2S/c1-6-3(10)9(2)4-7-8-5(11)12-4/h1-2H3,(H,6,10)(H,8,11). The first kappa shape index (κ1) is 8.72. The van der Waals surface area contributed by atoms with Crippen LogP contribution in [0.2, 0.25) is 0 Å². The fourth-order valence-corrected chi connectivity index (χ4v) is 1.19. The maximum Gasteiger partial charge on any atom is 0.324 e. The first-order chi connectivity index (χ1) is 5.65. The van der Waals surface area contributed by atoms with E-state index in [0.717, 1.165) is 11.3 Å². The number of urea groups is 1. The van der Waals surface area contributed by atoms with Gasteiger partial charge in [0.05, 0.1) is 0 Å². The van der Waals surface area contributed by atoms with E-state index in [1.165, 1.54) is 19.0 Å². The highest BCUT2D eigenvalue weighted by atomic mass is 32.1. The molecule has 0 aliphatic rings. The second-order valence-corrected chi connectivity index (χ2v) is 2.95. The third-order valence-corrected chi connectivity index (χ3v) is 2.06. The van der Waals surface area contributed by atoms with E-state index < -0.39 is 0 Å². The molecule has 2 N–H and O–H groups in total. The summed E-state index contributed by atoms with van der Waals surface area (Å²) in [6, 6.07) is -0.308. The number of hydrogen-bond donors (Lipinski definition) is 2. The van der Waals surface area contributed by atoms with Crippen molar-refractivity contribution >= 4 is 22.5 Å².